The van der Waals surface area contributed by atoms with Crippen molar-refractivity contribution in [2.24, 2.45) is 0 Å². The summed E-state index contributed by atoms with van der Waals surface area (Å²) >= 11 is 0. The molecule has 39 heavy (non-hydrogen) atoms. The van der Waals surface area contributed by atoms with Gasteiger partial charge in [-0.15, -0.1) is 0 Å². The standard InChI is InChI=1S/C32H34N4O3/c1-4-35-27-20-36(31(38)28(27)29(34-32(35)39)25-16-15-21(2)17-22(25)3)26(18-23-11-7-5-8-12-23)30(37)33-19-24-13-9-6-10-14-24/h5-17,26,29H,4,18-20H2,1-3H3,(H,33,37)(H,34,39)/t26-,29+/m0/s1. The number of urea groups is 1. The molecule has 0 aromatic heterocycles. The van der Waals surface area contributed by atoms with Crippen LogP contribution < -0.4 is 10.6 Å². The molecule has 0 saturated heterocycles. The van der Waals surface area contributed by atoms with E-state index in [0.717, 1.165) is 27.8 Å². The number of carbonyl (C=O) groups is 3. The second kappa shape index (κ2) is 11.2. The van der Waals surface area contributed by atoms with Crippen molar-refractivity contribution >= 4 is 17.8 Å². The van der Waals surface area contributed by atoms with Crippen molar-refractivity contribution in [3.63, 3.8) is 0 Å². The van der Waals surface area contributed by atoms with Gasteiger partial charge in [-0.25, -0.2) is 4.79 Å². The third-order valence-electron chi connectivity index (χ3n) is 7.56. The summed E-state index contributed by atoms with van der Waals surface area (Å²) < 4.78 is 0. The number of hydrogen-bond donors (Lipinski definition) is 2. The topological polar surface area (TPSA) is 81.8 Å². The van der Waals surface area contributed by atoms with Crippen LogP contribution in [0.4, 0.5) is 4.79 Å². The quantitative estimate of drug-likeness (QED) is 0.460. The van der Waals surface area contributed by atoms with Crippen LogP contribution in [-0.2, 0) is 22.6 Å². The molecule has 5 rings (SSSR count). The molecule has 0 saturated carbocycles. The van der Waals surface area contributed by atoms with Gasteiger partial charge in [-0.3, -0.25) is 14.5 Å². The number of nitrogens with one attached hydrogen (secondary N) is 2. The Morgan fingerprint density at radius 3 is 2.28 bits per heavy atom. The summed E-state index contributed by atoms with van der Waals surface area (Å²) in [7, 11) is 0. The summed E-state index contributed by atoms with van der Waals surface area (Å²) in [5, 5.41) is 6.10. The molecular formula is C32H34N4O3. The van der Waals surface area contributed by atoms with Crippen LogP contribution >= 0.6 is 0 Å². The summed E-state index contributed by atoms with van der Waals surface area (Å²) in [4.78, 5) is 44.3. The molecule has 2 heterocycles. The first-order chi connectivity index (χ1) is 18.9. The molecule has 0 spiro atoms. The van der Waals surface area contributed by atoms with Gasteiger partial charge in [0.25, 0.3) is 5.91 Å². The van der Waals surface area contributed by atoms with E-state index < -0.39 is 12.1 Å². The number of carbonyl (C=O) groups excluding carboxylic acids is 3. The second-order valence-corrected chi connectivity index (χ2v) is 10.2. The van der Waals surface area contributed by atoms with Gasteiger partial charge >= 0.3 is 6.03 Å². The second-order valence-electron chi connectivity index (χ2n) is 10.2. The lowest BCUT2D eigenvalue weighted by Gasteiger charge is -2.33. The Balaban J connectivity index is 1.49. The Hall–Kier alpha value is -4.39. The first-order valence-corrected chi connectivity index (χ1v) is 13.4. The fourth-order valence-electron chi connectivity index (χ4n) is 5.57. The Morgan fingerprint density at radius 2 is 1.64 bits per heavy atom. The van der Waals surface area contributed by atoms with Crippen LogP contribution in [0.3, 0.4) is 0 Å². The van der Waals surface area contributed by atoms with Crippen molar-refractivity contribution in [2.45, 2.75) is 45.8 Å². The Kier molecular flexibility index (Phi) is 7.50. The number of aryl methyl sites for hydroxylation is 2. The SMILES string of the molecule is CCN1C(=O)N[C@H](c2ccc(C)cc2C)C2=C1CN([C@@H](Cc1ccccc1)C(=O)NCc1ccccc1)C2=O. The van der Waals surface area contributed by atoms with E-state index in [2.05, 4.69) is 16.7 Å². The Morgan fingerprint density at radius 1 is 0.974 bits per heavy atom. The van der Waals surface area contributed by atoms with Gasteiger partial charge in [-0.1, -0.05) is 84.4 Å². The van der Waals surface area contributed by atoms with Crippen molar-refractivity contribution in [3.05, 3.63) is 118 Å². The molecular weight excluding hydrogens is 488 g/mol. The number of hydrogen-bond acceptors (Lipinski definition) is 3. The fourth-order valence-corrected chi connectivity index (χ4v) is 5.57. The largest absolute Gasteiger partial charge is 0.350 e. The molecule has 3 aromatic carbocycles. The molecule has 2 aliphatic heterocycles. The van der Waals surface area contributed by atoms with E-state index in [-0.39, 0.29) is 24.4 Å². The minimum Gasteiger partial charge on any atom is -0.350 e. The zero-order valence-electron chi connectivity index (χ0n) is 22.6. The number of amides is 4. The van der Waals surface area contributed by atoms with Crippen LogP contribution in [0, 0.1) is 13.8 Å². The van der Waals surface area contributed by atoms with Crippen molar-refractivity contribution in [1.29, 1.82) is 0 Å². The lowest BCUT2D eigenvalue weighted by molar-refractivity contribution is -0.136. The van der Waals surface area contributed by atoms with Gasteiger partial charge in [0.15, 0.2) is 0 Å². The smallest absolute Gasteiger partial charge is 0.322 e. The van der Waals surface area contributed by atoms with Crippen LogP contribution in [0.25, 0.3) is 0 Å². The molecule has 0 bridgehead atoms. The van der Waals surface area contributed by atoms with Crippen molar-refractivity contribution in [2.75, 3.05) is 13.1 Å². The van der Waals surface area contributed by atoms with Crippen molar-refractivity contribution in [1.82, 2.24) is 20.4 Å². The van der Waals surface area contributed by atoms with Gasteiger partial charge in [-0.05, 0) is 43.0 Å². The van der Waals surface area contributed by atoms with Gasteiger partial charge in [0.1, 0.15) is 6.04 Å². The summed E-state index contributed by atoms with van der Waals surface area (Å²) in [6.45, 7) is 6.90. The molecule has 0 fully saturated rings. The van der Waals surface area contributed by atoms with Gasteiger partial charge in [0.05, 0.1) is 23.9 Å². The van der Waals surface area contributed by atoms with Crippen LogP contribution in [0.5, 0.6) is 0 Å². The highest BCUT2D eigenvalue weighted by atomic mass is 16.2. The zero-order valence-corrected chi connectivity index (χ0v) is 22.6. The molecule has 0 aliphatic carbocycles. The number of benzene rings is 3. The minimum atomic E-state index is -0.734. The Labute approximate surface area is 229 Å². The van der Waals surface area contributed by atoms with E-state index in [1.807, 2.05) is 93.6 Å². The maximum Gasteiger partial charge on any atom is 0.322 e. The van der Waals surface area contributed by atoms with E-state index in [4.69, 9.17) is 0 Å². The number of nitrogens with zero attached hydrogens (tertiary/aromatic N) is 2. The highest BCUT2D eigenvalue weighted by molar-refractivity contribution is 6.03. The summed E-state index contributed by atoms with van der Waals surface area (Å²) in [6, 6.07) is 23.9. The van der Waals surface area contributed by atoms with E-state index in [1.54, 1.807) is 9.80 Å². The lowest BCUT2D eigenvalue weighted by atomic mass is 9.91. The minimum absolute atomic E-state index is 0.201. The average molecular weight is 523 g/mol. The zero-order chi connectivity index (χ0) is 27.5. The number of rotatable bonds is 8. The number of likely N-dealkylation sites (N-methyl/N-ethyl adjacent to an activating group) is 1. The van der Waals surface area contributed by atoms with Crippen molar-refractivity contribution in [3.8, 4) is 0 Å². The van der Waals surface area contributed by atoms with Crippen LogP contribution in [0.15, 0.2) is 90.1 Å². The highest BCUT2D eigenvalue weighted by Gasteiger charge is 2.47. The molecule has 2 atom stereocenters. The van der Waals surface area contributed by atoms with Gasteiger partial charge in [-0.2, -0.15) is 0 Å². The molecule has 3 aromatic rings. The van der Waals surface area contributed by atoms with Gasteiger partial charge in [0, 0.05) is 19.5 Å². The summed E-state index contributed by atoms with van der Waals surface area (Å²) in [6.07, 6.45) is 0.371. The molecule has 200 valence electrons. The van der Waals surface area contributed by atoms with E-state index in [1.165, 1.54) is 0 Å². The summed E-state index contributed by atoms with van der Waals surface area (Å²) in [5.74, 6) is -0.439. The Bertz CT molecular complexity index is 1420. The molecule has 7 heteroatoms. The van der Waals surface area contributed by atoms with E-state index >= 15 is 0 Å². The predicted octanol–water partition coefficient (Wildman–Crippen LogP) is 4.41. The lowest BCUT2D eigenvalue weighted by Crippen LogP contribution is -2.49. The van der Waals surface area contributed by atoms with Crippen LogP contribution in [0.1, 0.15) is 40.8 Å². The normalized spacial score (nSPS) is 17.7. The molecule has 4 amide bonds. The first kappa shape index (κ1) is 26.2. The van der Waals surface area contributed by atoms with Crippen LogP contribution in [-0.4, -0.2) is 46.8 Å². The monoisotopic (exact) mass is 522 g/mol. The predicted molar refractivity (Wildman–Crippen MR) is 151 cm³/mol. The third kappa shape index (κ3) is 5.30. The molecule has 2 N–H and O–H groups in total. The fraction of sp³-hybridized carbons (Fsp3) is 0.281. The maximum atomic E-state index is 14.2. The molecule has 2 aliphatic rings. The van der Waals surface area contributed by atoms with Gasteiger partial charge < -0.3 is 15.5 Å². The first-order valence-electron chi connectivity index (χ1n) is 13.4. The van der Waals surface area contributed by atoms with Crippen molar-refractivity contribution < 1.29 is 14.4 Å². The van der Waals surface area contributed by atoms with E-state index in [9.17, 15) is 14.4 Å². The van der Waals surface area contributed by atoms with Gasteiger partial charge in [0.2, 0.25) is 5.91 Å². The average Bonchev–Trinajstić information content (AvgIpc) is 3.27. The third-order valence-corrected chi connectivity index (χ3v) is 7.56. The molecule has 0 unspecified atom stereocenters. The van der Waals surface area contributed by atoms with E-state index in [0.29, 0.717) is 30.8 Å². The molecule has 7 nitrogen and oxygen atoms in total. The van der Waals surface area contributed by atoms with Crippen LogP contribution in [0.2, 0.25) is 0 Å². The summed E-state index contributed by atoms with van der Waals surface area (Å²) in [5.41, 5.74) is 6.16. The highest BCUT2D eigenvalue weighted by Crippen LogP contribution is 2.38. The maximum absolute atomic E-state index is 14.2. The molecule has 0 radical (unpaired) electrons.